The van der Waals surface area contributed by atoms with Crippen LogP contribution in [0.25, 0.3) is 0 Å². The van der Waals surface area contributed by atoms with E-state index in [1.54, 1.807) is 0 Å². The highest BCUT2D eigenvalue weighted by molar-refractivity contribution is 5.79. The van der Waals surface area contributed by atoms with E-state index in [1.165, 1.54) is 6.42 Å². The first-order valence-electron chi connectivity index (χ1n) is 6.70. The van der Waals surface area contributed by atoms with Crippen molar-refractivity contribution in [2.45, 2.75) is 52.0 Å². The molecule has 100 valence electrons. The van der Waals surface area contributed by atoms with Crippen molar-refractivity contribution in [2.24, 2.45) is 16.9 Å². The minimum Gasteiger partial charge on any atom is -0.368 e. The van der Waals surface area contributed by atoms with Crippen LogP contribution in [-0.2, 0) is 4.79 Å². The molecule has 4 heteroatoms. The van der Waals surface area contributed by atoms with E-state index < -0.39 is 0 Å². The Morgan fingerprint density at radius 3 is 2.71 bits per heavy atom. The fraction of sp³-hybridized carbons (Fsp3) is 0.923. The second-order valence-electron chi connectivity index (χ2n) is 5.92. The molecule has 0 radical (unpaired) electrons. The molecular weight excluding hydrogens is 214 g/mol. The van der Waals surface area contributed by atoms with E-state index in [0.29, 0.717) is 6.54 Å². The molecule has 1 fully saturated rings. The standard InChI is InChI=1S/C13H27N3O/c1-13(2,10-14)7-5-9-16-8-4-3-6-11(16)12(15)17/h11H,3-10,14H2,1-2H3,(H2,15,17). The number of carbonyl (C=O) groups is 1. The molecular formula is C13H27N3O. The Balaban J connectivity index is 2.36. The molecule has 0 bridgehead atoms. The lowest BCUT2D eigenvalue weighted by Crippen LogP contribution is -2.48. The summed E-state index contributed by atoms with van der Waals surface area (Å²) in [5, 5.41) is 0. The van der Waals surface area contributed by atoms with Crippen molar-refractivity contribution in [1.29, 1.82) is 0 Å². The lowest BCUT2D eigenvalue weighted by Gasteiger charge is -2.34. The molecule has 17 heavy (non-hydrogen) atoms. The number of primary amides is 1. The summed E-state index contributed by atoms with van der Waals surface area (Å²) in [6.07, 6.45) is 5.43. The summed E-state index contributed by atoms with van der Waals surface area (Å²) >= 11 is 0. The lowest BCUT2D eigenvalue weighted by atomic mass is 9.88. The molecule has 1 rings (SSSR count). The number of nitrogens with zero attached hydrogens (tertiary/aromatic N) is 1. The molecule has 0 aromatic rings. The van der Waals surface area contributed by atoms with Crippen LogP contribution in [0.3, 0.4) is 0 Å². The average molecular weight is 241 g/mol. The van der Waals surface area contributed by atoms with E-state index >= 15 is 0 Å². The van der Waals surface area contributed by atoms with Gasteiger partial charge in [-0.05, 0) is 50.7 Å². The smallest absolute Gasteiger partial charge is 0.234 e. The van der Waals surface area contributed by atoms with Gasteiger partial charge in [0, 0.05) is 0 Å². The molecule has 1 amide bonds. The van der Waals surface area contributed by atoms with E-state index in [2.05, 4.69) is 18.7 Å². The molecule has 0 aliphatic carbocycles. The maximum Gasteiger partial charge on any atom is 0.234 e. The van der Waals surface area contributed by atoms with Crippen molar-refractivity contribution in [3.63, 3.8) is 0 Å². The van der Waals surface area contributed by atoms with E-state index in [4.69, 9.17) is 11.5 Å². The Bertz CT molecular complexity index is 253. The van der Waals surface area contributed by atoms with Gasteiger partial charge in [-0.1, -0.05) is 20.3 Å². The van der Waals surface area contributed by atoms with Crippen LogP contribution >= 0.6 is 0 Å². The Hall–Kier alpha value is -0.610. The number of amides is 1. The molecule has 1 aliphatic rings. The fourth-order valence-electron chi connectivity index (χ4n) is 2.44. The van der Waals surface area contributed by atoms with Crippen molar-refractivity contribution in [3.05, 3.63) is 0 Å². The Labute approximate surface area is 105 Å². The number of piperidine rings is 1. The van der Waals surface area contributed by atoms with Gasteiger partial charge in [-0.25, -0.2) is 0 Å². The normalized spacial score (nSPS) is 22.6. The highest BCUT2D eigenvalue weighted by Gasteiger charge is 2.26. The van der Waals surface area contributed by atoms with Gasteiger partial charge in [0.15, 0.2) is 0 Å². The lowest BCUT2D eigenvalue weighted by molar-refractivity contribution is -0.124. The average Bonchev–Trinajstić information content (AvgIpc) is 2.29. The predicted molar refractivity (Wildman–Crippen MR) is 70.5 cm³/mol. The molecule has 4 N–H and O–H groups in total. The SMILES string of the molecule is CC(C)(CN)CCCN1CCCCC1C(N)=O. The van der Waals surface area contributed by atoms with Gasteiger partial charge in [0.1, 0.15) is 0 Å². The Morgan fingerprint density at radius 1 is 1.41 bits per heavy atom. The van der Waals surface area contributed by atoms with Gasteiger partial charge in [-0.2, -0.15) is 0 Å². The summed E-state index contributed by atoms with van der Waals surface area (Å²) in [7, 11) is 0. The van der Waals surface area contributed by atoms with E-state index in [9.17, 15) is 4.79 Å². The summed E-state index contributed by atoms with van der Waals surface area (Å²) < 4.78 is 0. The number of hydrogen-bond acceptors (Lipinski definition) is 3. The summed E-state index contributed by atoms with van der Waals surface area (Å²) in [4.78, 5) is 13.6. The topological polar surface area (TPSA) is 72.3 Å². The highest BCUT2D eigenvalue weighted by Crippen LogP contribution is 2.22. The molecule has 0 aromatic heterocycles. The van der Waals surface area contributed by atoms with Crippen LogP contribution < -0.4 is 11.5 Å². The van der Waals surface area contributed by atoms with Crippen LogP contribution in [0, 0.1) is 5.41 Å². The van der Waals surface area contributed by atoms with Crippen LogP contribution in [0.4, 0.5) is 0 Å². The van der Waals surface area contributed by atoms with Gasteiger partial charge >= 0.3 is 0 Å². The molecule has 4 nitrogen and oxygen atoms in total. The number of rotatable bonds is 6. The first kappa shape index (κ1) is 14.5. The highest BCUT2D eigenvalue weighted by atomic mass is 16.1. The van der Waals surface area contributed by atoms with Crippen LogP contribution in [-0.4, -0.2) is 36.5 Å². The summed E-state index contributed by atoms with van der Waals surface area (Å²) in [6, 6.07) is -0.0373. The maximum atomic E-state index is 11.3. The number of hydrogen-bond donors (Lipinski definition) is 2. The predicted octanol–water partition coefficient (Wildman–Crippen LogP) is 1.09. The molecule has 0 spiro atoms. The Morgan fingerprint density at radius 2 is 2.12 bits per heavy atom. The van der Waals surface area contributed by atoms with Gasteiger partial charge in [0.05, 0.1) is 6.04 Å². The van der Waals surface area contributed by atoms with Crippen molar-refractivity contribution >= 4 is 5.91 Å². The molecule has 1 heterocycles. The second-order valence-corrected chi connectivity index (χ2v) is 5.92. The van der Waals surface area contributed by atoms with Crippen molar-refractivity contribution in [2.75, 3.05) is 19.6 Å². The first-order chi connectivity index (χ1) is 7.96. The maximum absolute atomic E-state index is 11.3. The van der Waals surface area contributed by atoms with Crippen LogP contribution in [0.5, 0.6) is 0 Å². The van der Waals surface area contributed by atoms with Gasteiger partial charge in [-0.3, -0.25) is 9.69 Å². The molecule has 1 unspecified atom stereocenters. The number of nitrogens with two attached hydrogens (primary N) is 2. The molecule has 0 aromatic carbocycles. The van der Waals surface area contributed by atoms with Gasteiger partial charge in [-0.15, -0.1) is 0 Å². The van der Waals surface area contributed by atoms with E-state index in [0.717, 1.165) is 38.8 Å². The molecule has 1 atom stereocenters. The van der Waals surface area contributed by atoms with Crippen LogP contribution in [0.15, 0.2) is 0 Å². The summed E-state index contributed by atoms with van der Waals surface area (Å²) in [6.45, 7) is 7.07. The van der Waals surface area contributed by atoms with Crippen molar-refractivity contribution in [3.8, 4) is 0 Å². The third-order valence-corrected chi connectivity index (χ3v) is 3.79. The third-order valence-electron chi connectivity index (χ3n) is 3.79. The summed E-state index contributed by atoms with van der Waals surface area (Å²) in [5.41, 5.74) is 11.4. The van der Waals surface area contributed by atoms with Crippen molar-refractivity contribution in [1.82, 2.24) is 4.90 Å². The van der Waals surface area contributed by atoms with Gasteiger partial charge < -0.3 is 11.5 Å². The van der Waals surface area contributed by atoms with Crippen molar-refractivity contribution < 1.29 is 4.79 Å². The van der Waals surface area contributed by atoms with E-state index in [1.807, 2.05) is 0 Å². The molecule has 1 saturated heterocycles. The first-order valence-corrected chi connectivity index (χ1v) is 6.70. The van der Waals surface area contributed by atoms with Crippen LogP contribution in [0.2, 0.25) is 0 Å². The monoisotopic (exact) mass is 241 g/mol. The second kappa shape index (κ2) is 6.36. The largest absolute Gasteiger partial charge is 0.368 e. The zero-order valence-corrected chi connectivity index (χ0v) is 11.2. The van der Waals surface area contributed by atoms with Gasteiger partial charge in [0.2, 0.25) is 5.91 Å². The minimum atomic E-state index is -0.164. The zero-order chi connectivity index (χ0) is 12.9. The van der Waals surface area contributed by atoms with Gasteiger partial charge in [0.25, 0.3) is 0 Å². The van der Waals surface area contributed by atoms with E-state index in [-0.39, 0.29) is 17.4 Å². The quantitative estimate of drug-likeness (QED) is 0.731. The Kier molecular flexibility index (Phi) is 5.40. The summed E-state index contributed by atoms with van der Waals surface area (Å²) in [5.74, 6) is -0.164. The number of carbonyl (C=O) groups excluding carboxylic acids is 1. The number of likely N-dealkylation sites (tertiary alicyclic amines) is 1. The third kappa shape index (κ3) is 4.64. The molecule has 0 saturated carbocycles. The zero-order valence-electron chi connectivity index (χ0n) is 11.2. The molecule has 1 aliphatic heterocycles. The fourth-order valence-corrected chi connectivity index (χ4v) is 2.44. The minimum absolute atomic E-state index is 0.0373. The van der Waals surface area contributed by atoms with Crippen LogP contribution in [0.1, 0.15) is 46.0 Å².